The van der Waals surface area contributed by atoms with E-state index in [1.165, 1.54) is 12.1 Å². The van der Waals surface area contributed by atoms with Crippen LogP contribution in [0.5, 0.6) is 0 Å². The number of nitrogens with zero attached hydrogens (tertiary/aromatic N) is 1. The Kier molecular flexibility index (Phi) is 5.12. The highest BCUT2D eigenvalue weighted by Gasteiger charge is 2.16. The predicted octanol–water partition coefficient (Wildman–Crippen LogP) is 3.71. The molecule has 0 fully saturated rings. The van der Waals surface area contributed by atoms with Gasteiger partial charge in [0.1, 0.15) is 5.82 Å². The fourth-order valence-corrected chi connectivity index (χ4v) is 1.96. The molecule has 1 unspecified atom stereocenters. The molecule has 0 spiro atoms. The molecule has 0 aliphatic rings. The maximum Gasteiger partial charge on any atom is 0.254 e. The summed E-state index contributed by atoms with van der Waals surface area (Å²) in [5, 5.41) is 0. The van der Waals surface area contributed by atoms with Gasteiger partial charge in [0.25, 0.3) is 5.91 Å². The Labute approximate surface area is 110 Å². The summed E-state index contributed by atoms with van der Waals surface area (Å²) in [6, 6.07) is 4.15. The first-order valence-corrected chi connectivity index (χ1v) is 6.45. The lowest BCUT2D eigenvalue weighted by Gasteiger charge is -2.21. The number of carbonyl (C=O) groups excluding carboxylic acids is 1. The van der Waals surface area contributed by atoms with Gasteiger partial charge in [0.2, 0.25) is 0 Å². The van der Waals surface area contributed by atoms with Crippen LogP contribution in [0.25, 0.3) is 0 Å². The molecule has 0 aromatic heterocycles. The lowest BCUT2D eigenvalue weighted by atomic mass is 10.1. The first kappa shape index (κ1) is 14.2. The average molecular weight is 302 g/mol. The Balaban J connectivity index is 2.85. The van der Waals surface area contributed by atoms with Gasteiger partial charge < -0.3 is 4.90 Å². The predicted molar refractivity (Wildman–Crippen MR) is 70.5 cm³/mol. The number of hydrogen-bond acceptors (Lipinski definition) is 1. The quantitative estimate of drug-likeness (QED) is 0.830. The largest absolute Gasteiger partial charge is 0.341 e. The van der Waals surface area contributed by atoms with Crippen LogP contribution in [0.4, 0.5) is 4.39 Å². The highest BCUT2D eigenvalue weighted by molar-refractivity contribution is 9.10. The molecule has 1 aromatic carbocycles. The first-order chi connectivity index (χ1) is 7.95. The maximum absolute atomic E-state index is 13.1. The monoisotopic (exact) mass is 301 g/mol. The summed E-state index contributed by atoms with van der Waals surface area (Å²) in [7, 11) is 1.74. The molecule has 0 radical (unpaired) electrons. The molecular weight excluding hydrogens is 285 g/mol. The molecule has 0 saturated heterocycles. The zero-order valence-electron chi connectivity index (χ0n) is 10.3. The third kappa shape index (κ3) is 3.80. The molecule has 17 heavy (non-hydrogen) atoms. The lowest BCUT2D eigenvalue weighted by molar-refractivity contribution is 0.0773. The summed E-state index contributed by atoms with van der Waals surface area (Å²) in [6.07, 6.45) is 1.02. The van der Waals surface area contributed by atoms with Gasteiger partial charge in [-0.3, -0.25) is 4.79 Å². The molecule has 0 aliphatic carbocycles. The van der Waals surface area contributed by atoms with Gasteiger partial charge in [-0.2, -0.15) is 0 Å². The van der Waals surface area contributed by atoms with Crippen LogP contribution in [0.2, 0.25) is 0 Å². The van der Waals surface area contributed by atoms with E-state index in [1.807, 2.05) is 0 Å². The minimum atomic E-state index is -0.395. The van der Waals surface area contributed by atoms with Crippen LogP contribution in [-0.4, -0.2) is 24.4 Å². The Bertz CT molecular complexity index is 408. The van der Waals surface area contributed by atoms with Crippen molar-refractivity contribution in [1.29, 1.82) is 0 Å². The maximum atomic E-state index is 13.1. The van der Waals surface area contributed by atoms with E-state index in [1.54, 1.807) is 18.0 Å². The second-order valence-electron chi connectivity index (χ2n) is 4.32. The minimum absolute atomic E-state index is 0.156. The molecule has 0 bridgehead atoms. The van der Waals surface area contributed by atoms with Gasteiger partial charge in [0.05, 0.1) is 5.56 Å². The molecule has 2 nitrogen and oxygen atoms in total. The number of amides is 1. The number of benzene rings is 1. The lowest BCUT2D eigenvalue weighted by Crippen LogP contribution is -2.31. The minimum Gasteiger partial charge on any atom is -0.341 e. The van der Waals surface area contributed by atoms with Crippen molar-refractivity contribution in [2.45, 2.75) is 20.3 Å². The van der Waals surface area contributed by atoms with Crippen molar-refractivity contribution in [1.82, 2.24) is 4.90 Å². The molecule has 0 aliphatic heterocycles. The van der Waals surface area contributed by atoms with E-state index in [0.717, 1.165) is 6.42 Å². The van der Waals surface area contributed by atoms with Crippen LogP contribution in [0.1, 0.15) is 30.6 Å². The van der Waals surface area contributed by atoms with Crippen molar-refractivity contribution in [3.63, 3.8) is 0 Å². The van der Waals surface area contributed by atoms with Gasteiger partial charge in [0.15, 0.2) is 0 Å². The van der Waals surface area contributed by atoms with Crippen molar-refractivity contribution >= 4 is 21.8 Å². The molecule has 0 saturated carbocycles. The zero-order chi connectivity index (χ0) is 13.0. The van der Waals surface area contributed by atoms with Gasteiger partial charge in [-0.05, 0) is 40.0 Å². The van der Waals surface area contributed by atoms with E-state index in [9.17, 15) is 9.18 Å². The fourth-order valence-electron chi connectivity index (χ4n) is 1.55. The van der Waals surface area contributed by atoms with Crippen LogP contribution in [-0.2, 0) is 0 Å². The van der Waals surface area contributed by atoms with Crippen LogP contribution in [0.15, 0.2) is 22.7 Å². The van der Waals surface area contributed by atoms with E-state index in [0.29, 0.717) is 22.5 Å². The molecule has 0 N–H and O–H groups in total. The van der Waals surface area contributed by atoms with Gasteiger partial charge in [-0.15, -0.1) is 0 Å². The molecule has 0 heterocycles. The molecule has 94 valence electrons. The molecule has 1 amide bonds. The number of hydrogen-bond donors (Lipinski definition) is 0. The van der Waals surface area contributed by atoms with Gasteiger partial charge in [-0.25, -0.2) is 4.39 Å². The van der Waals surface area contributed by atoms with Gasteiger partial charge in [-0.1, -0.05) is 20.3 Å². The summed E-state index contributed by atoms with van der Waals surface area (Å²) in [5.41, 5.74) is 0.371. The van der Waals surface area contributed by atoms with Crippen molar-refractivity contribution in [2.75, 3.05) is 13.6 Å². The summed E-state index contributed by atoms with van der Waals surface area (Å²) >= 11 is 3.27. The Morgan fingerprint density at radius 2 is 2.18 bits per heavy atom. The highest BCUT2D eigenvalue weighted by Crippen LogP contribution is 2.19. The second-order valence-corrected chi connectivity index (χ2v) is 5.18. The van der Waals surface area contributed by atoms with Crippen LogP contribution < -0.4 is 0 Å². The van der Waals surface area contributed by atoms with Crippen molar-refractivity contribution in [3.8, 4) is 0 Å². The van der Waals surface area contributed by atoms with Crippen molar-refractivity contribution in [3.05, 3.63) is 34.1 Å². The molecule has 1 aromatic rings. The van der Waals surface area contributed by atoms with E-state index in [4.69, 9.17) is 0 Å². The van der Waals surface area contributed by atoms with Crippen molar-refractivity contribution < 1.29 is 9.18 Å². The van der Waals surface area contributed by atoms with E-state index in [2.05, 4.69) is 29.8 Å². The topological polar surface area (TPSA) is 20.3 Å². The number of carbonyl (C=O) groups is 1. The van der Waals surface area contributed by atoms with E-state index in [-0.39, 0.29) is 5.91 Å². The zero-order valence-corrected chi connectivity index (χ0v) is 11.9. The van der Waals surface area contributed by atoms with Crippen molar-refractivity contribution in [2.24, 2.45) is 5.92 Å². The molecule has 1 rings (SSSR count). The Morgan fingerprint density at radius 3 is 2.76 bits per heavy atom. The molecule has 1 atom stereocenters. The van der Waals surface area contributed by atoms with Crippen LogP contribution in [0.3, 0.4) is 0 Å². The summed E-state index contributed by atoms with van der Waals surface area (Å²) in [5.74, 6) is -0.110. The third-order valence-corrected chi connectivity index (χ3v) is 3.48. The van der Waals surface area contributed by atoms with E-state index >= 15 is 0 Å². The molecule has 4 heteroatoms. The summed E-state index contributed by atoms with van der Waals surface area (Å²) in [6.45, 7) is 4.85. The average Bonchev–Trinajstić information content (AvgIpc) is 2.31. The Morgan fingerprint density at radius 1 is 1.53 bits per heavy atom. The van der Waals surface area contributed by atoms with Gasteiger partial charge >= 0.3 is 0 Å². The Hall–Kier alpha value is -0.900. The highest BCUT2D eigenvalue weighted by atomic mass is 79.9. The number of rotatable bonds is 4. The first-order valence-electron chi connectivity index (χ1n) is 5.66. The molecular formula is C13H17BrFNO. The number of halogens is 2. The second kappa shape index (κ2) is 6.15. The van der Waals surface area contributed by atoms with Crippen LogP contribution in [0, 0.1) is 11.7 Å². The fraction of sp³-hybridized carbons (Fsp3) is 0.462. The summed E-state index contributed by atoms with van der Waals surface area (Å²) in [4.78, 5) is 13.7. The van der Waals surface area contributed by atoms with Gasteiger partial charge in [0, 0.05) is 18.1 Å². The smallest absolute Gasteiger partial charge is 0.254 e. The summed E-state index contributed by atoms with van der Waals surface area (Å²) < 4.78 is 13.7. The van der Waals surface area contributed by atoms with Crippen LogP contribution >= 0.6 is 15.9 Å². The normalized spacial score (nSPS) is 12.3. The third-order valence-electron chi connectivity index (χ3n) is 2.79. The SMILES string of the molecule is CCC(C)CN(C)C(=O)c1cc(F)ccc1Br. The standard InChI is InChI=1S/C13H17BrFNO/c1-4-9(2)8-16(3)13(17)11-7-10(15)5-6-12(11)14/h5-7,9H,4,8H2,1-3H3. The van der Waals surface area contributed by atoms with E-state index < -0.39 is 5.82 Å².